The van der Waals surface area contributed by atoms with E-state index in [4.69, 9.17) is 0 Å². The second-order valence-electron chi connectivity index (χ2n) is 6.46. The largest absolute Gasteiger partial charge is 0.357 e. The minimum atomic E-state index is 0.225. The number of benzene rings is 1. The van der Waals surface area contributed by atoms with E-state index in [1.54, 1.807) is 0 Å². The topological polar surface area (TPSA) is 60.0 Å². The van der Waals surface area contributed by atoms with E-state index in [2.05, 4.69) is 53.4 Å². The number of amides is 1. The van der Waals surface area contributed by atoms with Crippen LogP contribution in [-0.4, -0.2) is 56.0 Å². The standard InChI is InChI=1S/C20H33N5O/c1-4-21-20(22-13-15-24(5-2)6-3)23-16-17-9-11-18(12-10-17)25-14-7-8-19(25)26/h9-12H,4-8,13-16H2,1-3H3,(H2,21,22,23). The molecule has 2 rings (SSSR count). The lowest BCUT2D eigenvalue weighted by Crippen LogP contribution is -2.41. The molecule has 0 aromatic heterocycles. The maximum absolute atomic E-state index is 11.8. The van der Waals surface area contributed by atoms with E-state index in [9.17, 15) is 4.79 Å². The summed E-state index contributed by atoms with van der Waals surface area (Å²) in [4.78, 5) is 20.7. The van der Waals surface area contributed by atoms with Gasteiger partial charge in [-0.3, -0.25) is 4.79 Å². The van der Waals surface area contributed by atoms with Crippen molar-refractivity contribution in [3.8, 4) is 0 Å². The van der Waals surface area contributed by atoms with Crippen molar-refractivity contribution >= 4 is 17.6 Å². The summed E-state index contributed by atoms with van der Waals surface area (Å²) in [6.45, 7) is 12.8. The highest BCUT2D eigenvalue weighted by molar-refractivity contribution is 5.95. The van der Waals surface area contributed by atoms with Crippen LogP contribution in [-0.2, 0) is 11.3 Å². The SMILES string of the molecule is CCNC(=NCc1ccc(N2CCCC2=O)cc1)NCCN(CC)CC. The Morgan fingerprint density at radius 1 is 1.15 bits per heavy atom. The van der Waals surface area contributed by atoms with Crippen molar-refractivity contribution in [2.45, 2.75) is 40.2 Å². The molecule has 1 aliphatic rings. The van der Waals surface area contributed by atoms with Crippen molar-refractivity contribution in [3.05, 3.63) is 29.8 Å². The van der Waals surface area contributed by atoms with Gasteiger partial charge >= 0.3 is 0 Å². The molecule has 0 saturated carbocycles. The summed E-state index contributed by atoms with van der Waals surface area (Å²) < 4.78 is 0. The molecule has 1 fully saturated rings. The molecule has 6 nitrogen and oxygen atoms in total. The van der Waals surface area contributed by atoms with Gasteiger partial charge in [-0.1, -0.05) is 26.0 Å². The second kappa shape index (κ2) is 10.8. The van der Waals surface area contributed by atoms with Crippen molar-refractivity contribution in [2.75, 3.05) is 44.2 Å². The van der Waals surface area contributed by atoms with Crippen molar-refractivity contribution in [1.82, 2.24) is 15.5 Å². The number of carbonyl (C=O) groups is 1. The molecule has 1 aliphatic heterocycles. The number of anilines is 1. The Bertz CT molecular complexity index is 580. The molecule has 1 amide bonds. The van der Waals surface area contributed by atoms with Gasteiger partial charge in [0.25, 0.3) is 0 Å². The van der Waals surface area contributed by atoms with Crippen LogP contribution >= 0.6 is 0 Å². The highest BCUT2D eigenvalue weighted by Gasteiger charge is 2.21. The van der Waals surface area contributed by atoms with Gasteiger partial charge in [0.05, 0.1) is 6.54 Å². The van der Waals surface area contributed by atoms with Gasteiger partial charge in [-0.15, -0.1) is 0 Å². The molecule has 1 aromatic carbocycles. The molecule has 0 radical (unpaired) electrons. The Hall–Kier alpha value is -2.08. The van der Waals surface area contributed by atoms with Crippen LogP contribution in [0.1, 0.15) is 39.2 Å². The van der Waals surface area contributed by atoms with Crippen LogP contribution < -0.4 is 15.5 Å². The van der Waals surface area contributed by atoms with Gasteiger partial charge in [0.2, 0.25) is 5.91 Å². The fourth-order valence-corrected chi connectivity index (χ4v) is 3.09. The molecule has 26 heavy (non-hydrogen) atoms. The molecule has 0 spiro atoms. The predicted molar refractivity (Wildman–Crippen MR) is 109 cm³/mol. The van der Waals surface area contributed by atoms with Crippen LogP contribution in [0.25, 0.3) is 0 Å². The van der Waals surface area contributed by atoms with Gasteiger partial charge < -0.3 is 20.4 Å². The molecular weight excluding hydrogens is 326 g/mol. The third-order valence-electron chi connectivity index (χ3n) is 4.70. The maximum Gasteiger partial charge on any atom is 0.227 e. The summed E-state index contributed by atoms with van der Waals surface area (Å²) in [5, 5.41) is 6.69. The zero-order valence-electron chi connectivity index (χ0n) is 16.4. The average molecular weight is 360 g/mol. The van der Waals surface area contributed by atoms with Crippen LogP contribution in [0.3, 0.4) is 0 Å². The molecule has 1 saturated heterocycles. The zero-order valence-corrected chi connectivity index (χ0v) is 16.4. The Morgan fingerprint density at radius 3 is 2.46 bits per heavy atom. The van der Waals surface area contributed by atoms with E-state index in [1.165, 1.54) is 0 Å². The first-order valence-corrected chi connectivity index (χ1v) is 9.81. The molecular formula is C20H33N5O. The molecule has 1 aromatic rings. The summed E-state index contributed by atoms with van der Waals surface area (Å²) in [5.41, 5.74) is 2.13. The maximum atomic E-state index is 11.8. The first kappa shape index (κ1) is 20.2. The van der Waals surface area contributed by atoms with Crippen LogP contribution in [0.15, 0.2) is 29.3 Å². The minimum absolute atomic E-state index is 0.225. The summed E-state index contributed by atoms with van der Waals surface area (Å²) in [6, 6.07) is 8.16. The van der Waals surface area contributed by atoms with Gasteiger partial charge in [0.15, 0.2) is 5.96 Å². The lowest BCUT2D eigenvalue weighted by atomic mass is 10.2. The molecule has 144 valence electrons. The van der Waals surface area contributed by atoms with Crippen LogP contribution in [0.4, 0.5) is 5.69 Å². The number of carbonyl (C=O) groups excluding carboxylic acids is 1. The summed E-state index contributed by atoms with van der Waals surface area (Å²) >= 11 is 0. The number of hydrogen-bond donors (Lipinski definition) is 2. The Labute approximate surface area is 157 Å². The normalized spacial score (nSPS) is 15.0. The number of rotatable bonds is 9. The number of nitrogens with one attached hydrogen (secondary N) is 2. The Kier molecular flexibility index (Phi) is 8.41. The zero-order chi connectivity index (χ0) is 18.8. The fourth-order valence-electron chi connectivity index (χ4n) is 3.09. The van der Waals surface area contributed by atoms with Gasteiger partial charge in [-0.2, -0.15) is 0 Å². The molecule has 0 aliphatic carbocycles. The third-order valence-corrected chi connectivity index (χ3v) is 4.70. The average Bonchev–Trinajstić information content (AvgIpc) is 3.09. The predicted octanol–water partition coefficient (Wildman–Crippen LogP) is 2.21. The van der Waals surface area contributed by atoms with Crippen LogP contribution in [0.5, 0.6) is 0 Å². The minimum Gasteiger partial charge on any atom is -0.357 e. The third kappa shape index (κ3) is 6.02. The summed E-state index contributed by atoms with van der Waals surface area (Å²) in [5.74, 6) is 1.07. The van der Waals surface area contributed by atoms with Gasteiger partial charge in [0.1, 0.15) is 0 Å². The van der Waals surface area contributed by atoms with E-state index in [0.717, 1.165) is 62.9 Å². The number of nitrogens with zero attached hydrogens (tertiary/aromatic N) is 3. The quantitative estimate of drug-likeness (QED) is 0.524. The highest BCUT2D eigenvalue weighted by atomic mass is 16.2. The second-order valence-corrected chi connectivity index (χ2v) is 6.46. The molecule has 1 heterocycles. The van der Waals surface area contributed by atoms with Crippen LogP contribution in [0.2, 0.25) is 0 Å². The Balaban J connectivity index is 1.88. The van der Waals surface area contributed by atoms with Gasteiger partial charge in [-0.05, 0) is 44.1 Å². The monoisotopic (exact) mass is 359 g/mol. The van der Waals surface area contributed by atoms with E-state index < -0.39 is 0 Å². The van der Waals surface area contributed by atoms with E-state index in [1.807, 2.05) is 17.0 Å². The number of aliphatic imine (C=N–C) groups is 1. The molecule has 0 bridgehead atoms. The van der Waals surface area contributed by atoms with Crippen LogP contribution in [0, 0.1) is 0 Å². The van der Waals surface area contributed by atoms with E-state index >= 15 is 0 Å². The van der Waals surface area contributed by atoms with Gasteiger partial charge in [0, 0.05) is 38.3 Å². The first-order chi connectivity index (χ1) is 12.7. The number of guanidine groups is 1. The number of hydrogen-bond acceptors (Lipinski definition) is 3. The molecule has 2 N–H and O–H groups in total. The lowest BCUT2D eigenvalue weighted by molar-refractivity contribution is -0.117. The Morgan fingerprint density at radius 2 is 1.88 bits per heavy atom. The van der Waals surface area contributed by atoms with Crippen molar-refractivity contribution < 1.29 is 4.79 Å². The van der Waals surface area contributed by atoms with E-state index in [-0.39, 0.29) is 5.91 Å². The lowest BCUT2D eigenvalue weighted by Gasteiger charge is -2.19. The summed E-state index contributed by atoms with van der Waals surface area (Å²) in [7, 11) is 0. The fraction of sp³-hybridized carbons (Fsp3) is 0.600. The molecule has 0 atom stereocenters. The van der Waals surface area contributed by atoms with E-state index in [0.29, 0.717) is 13.0 Å². The van der Waals surface area contributed by atoms with Crippen molar-refractivity contribution in [3.63, 3.8) is 0 Å². The van der Waals surface area contributed by atoms with Gasteiger partial charge in [-0.25, -0.2) is 4.99 Å². The smallest absolute Gasteiger partial charge is 0.227 e. The first-order valence-electron chi connectivity index (χ1n) is 9.81. The number of likely N-dealkylation sites (N-methyl/N-ethyl adjacent to an activating group) is 1. The molecule has 6 heteroatoms. The van der Waals surface area contributed by atoms with Crippen molar-refractivity contribution in [2.24, 2.45) is 4.99 Å². The van der Waals surface area contributed by atoms with Crippen molar-refractivity contribution in [1.29, 1.82) is 0 Å². The summed E-state index contributed by atoms with van der Waals surface area (Å²) in [6.07, 6.45) is 1.62. The highest BCUT2D eigenvalue weighted by Crippen LogP contribution is 2.21. The molecule has 0 unspecified atom stereocenters.